The highest BCUT2D eigenvalue weighted by Crippen LogP contribution is 2.25. The van der Waals surface area contributed by atoms with E-state index in [1.807, 2.05) is 11.8 Å². The van der Waals surface area contributed by atoms with Crippen molar-refractivity contribution in [2.24, 2.45) is 0 Å². The molecule has 0 nitrogen and oxygen atoms in total. The Hall–Kier alpha value is 0.530. The van der Waals surface area contributed by atoms with Gasteiger partial charge in [0.2, 0.25) is 0 Å². The molecule has 12 heavy (non-hydrogen) atoms. The van der Waals surface area contributed by atoms with Crippen molar-refractivity contribution in [3.8, 4) is 0 Å². The summed E-state index contributed by atoms with van der Waals surface area (Å²) in [5.74, 6) is 2.27. The molecule has 0 aliphatic rings. The maximum absolute atomic E-state index is 3.48. The SMILES string of the molecule is CCSCc1ccc(Br)c(Br)c1. The van der Waals surface area contributed by atoms with Crippen LogP contribution in [0.4, 0.5) is 0 Å². The van der Waals surface area contributed by atoms with Crippen LogP contribution in [0.1, 0.15) is 12.5 Å². The van der Waals surface area contributed by atoms with Crippen LogP contribution in [-0.2, 0) is 5.75 Å². The summed E-state index contributed by atoms with van der Waals surface area (Å²) >= 11 is 8.87. The second kappa shape index (κ2) is 5.30. The second-order valence-corrected chi connectivity index (χ2v) is 5.37. The van der Waals surface area contributed by atoms with Gasteiger partial charge in [0.1, 0.15) is 0 Å². The first-order chi connectivity index (χ1) is 5.74. The number of hydrogen-bond donors (Lipinski definition) is 0. The summed E-state index contributed by atoms with van der Waals surface area (Å²) in [6.07, 6.45) is 0. The minimum absolute atomic E-state index is 1.10. The van der Waals surface area contributed by atoms with Gasteiger partial charge in [0, 0.05) is 14.7 Å². The zero-order valence-electron chi connectivity index (χ0n) is 6.81. The Kier molecular flexibility index (Phi) is 4.69. The minimum Gasteiger partial charge on any atom is -0.157 e. The smallest absolute Gasteiger partial charge is 0.0320 e. The Morgan fingerprint density at radius 1 is 1.25 bits per heavy atom. The fourth-order valence-corrected chi connectivity index (χ4v) is 2.14. The lowest BCUT2D eigenvalue weighted by Crippen LogP contribution is -1.81. The normalized spacial score (nSPS) is 10.2. The summed E-state index contributed by atoms with van der Waals surface area (Å²) in [6.45, 7) is 2.18. The van der Waals surface area contributed by atoms with E-state index in [0.29, 0.717) is 0 Å². The monoisotopic (exact) mass is 308 g/mol. The van der Waals surface area contributed by atoms with Crippen LogP contribution < -0.4 is 0 Å². The molecule has 0 aliphatic heterocycles. The van der Waals surface area contributed by atoms with Crippen LogP contribution >= 0.6 is 43.6 Å². The van der Waals surface area contributed by atoms with E-state index in [1.54, 1.807) is 0 Å². The van der Waals surface area contributed by atoms with Crippen molar-refractivity contribution in [3.05, 3.63) is 32.7 Å². The van der Waals surface area contributed by atoms with Crippen molar-refractivity contribution in [2.45, 2.75) is 12.7 Å². The predicted octanol–water partition coefficient (Wildman–Crippen LogP) is 4.46. The summed E-state index contributed by atoms with van der Waals surface area (Å²) < 4.78 is 2.25. The fraction of sp³-hybridized carbons (Fsp3) is 0.333. The first-order valence-electron chi connectivity index (χ1n) is 3.75. The van der Waals surface area contributed by atoms with Gasteiger partial charge >= 0.3 is 0 Å². The number of benzene rings is 1. The van der Waals surface area contributed by atoms with Crippen molar-refractivity contribution < 1.29 is 0 Å². The Balaban J connectivity index is 2.69. The van der Waals surface area contributed by atoms with Crippen molar-refractivity contribution in [1.29, 1.82) is 0 Å². The third-order valence-electron chi connectivity index (χ3n) is 1.46. The molecule has 0 saturated carbocycles. The van der Waals surface area contributed by atoms with Gasteiger partial charge in [-0.2, -0.15) is 11.8 Å². The molecule has 0 aliphatic carbocycles. The van der Waals surface area contributed by atoms with E-state index in [-0.39, 0.29) is 0 Å². The molecule has 1 aromatic carbocycles. The minimum atomic E-state index is 1.10. The number of thioether (sulfide) groups is 1. The molecule has 0 radical (unpaired) electrons. The summed E-state index contributed by atoms with van der Waals surface area (Å²) in [5, 5.41) is 0. The average molecular weight is 310 g/mol. The fourth-order valence-electron chi connectivity index (χ4n) is 0.849. The van der Waals surface area contributed by atoms with E-state index in [4.69, 9.17) is 0 Å². The zero-order valence-corrected chi connectivity index (χ0v) is 10.8. The highest BCUT2D eigenvalue weighted by Gasteiger charge is 1.97. The molecule has 0 saturated heterocycles. The van der Waals surface area contributed by atoms with E-state index >= 15 is 0 Å². The van der Waals surface area contributed by atoms with E-state index in [9.17, 15) is 0 Å². The molecule has 0 spiro atoms. The van der Waals surface area contributed by atoms with E-state index in [0.717, 1.165) is 14.7 Å². The molecule has 0 bridgehead atoms. The molecule has 0 aromatic heterocycles. The lowest BCUT2D eigenvalue weighted by Gasteiger charge is -2.01. The van der Waals surface area contributed by atoms with Crippen molar-refractivity contribution >= 4 is 43.6 Å². The molecule has 0 atom stereocenters. The lowest BCUT2D eigenvalue weighted by molar-refractivity contribution is 1.37. The van der Waals surface area contributed by atoms with Gasteiger partial charge in [-0.3, -0.25) is 0 Å². The summed E-state index contributed by atoms with van der Waals surface area (Å²) in [6, 6.07) is 6.39. The van der Waals surface area contributed by atoms with Crippen LogP contribution in [0, 0.1) is 0 Å². The Bertz CT molecular complexity index is 261. The topological polar surface area (TPSA) is 0 Å². The van der Waals surface area contributed by atoms with Crippen molar-refractivity contribution in [1.82, 2.24) is 0 Å². The molecule has 0 N–H and O–H groups in total. The highest BCUT2D eigenvalue weighted by molar-refractivity contribution is 9.13. The van der Waals surface area contributed by atoms with Gasteiger partial charge in [0.15, 0.2) is 0 Å². The van der Waals surface area contributed by atoms with E-state index < -0.39 is 0 Å². The molecule has 0 heterocycles. The molecule has 1 aromatic rings. The first kappa shape index (κ1) is 10.6. The maximum Gasteiger partial charge on any atom is 0.0320 e. The molecular weight excluding hydrogens is 300 g/mol. The van der Waals surface area contributed by atoms with Gasteiger partial charge in [-0.15, -0.1) is 0 Å². The first-order valence-corrected chi connectivity index (χ1v) is 6.49. The number of rotatable bonds is 3. The Labute approximate surface area is 94.4 Å². The molecule has 0 unspecified atom stereocenters. The van der Waals surface area contributed by atoms with Crippen LogP contribution in [-0.4, -0.2) is 5.75 Å². The maximum atomic E-state index is 3.48. The second-order valence-electron chi connectivity index (χ2n) is 2.39. The molecule has 1 rings (SSSR count). The van der Waals surface area contributed by atoms with Crippen LogP contribution in [0.2, 0.25) is 0 Å². The highest BCUT2D eigenvalue weighted by atomic mass is 79.9. The quantitative estimate of drug-likeness (QED) is 0.794. The van der Waals surface area contributed by atoms with Gasteiger partial charge in [-0.1, -0.05) is 13.0 Å². The molecule has 3 heteroatoms. The van der Waals surface area contributed by atoms with E-state index in [1.165, 1.54) is 11.3 Å². The van der Waals surface area contributed by atoms with Gasteiger partial charge in [-0.25, -0.2) is 0 Å². The van der Waals surface area contributed by atoms with Gasteiger partial charge in [0.05, 0.1) is 0 Å². The van der Waals surface area contributed by atoms with Crippen molar-refractivity contribution in [2.75, 3.05) is 5.75 Å². The largest absolute Gasteiger partial charge is 0.157 e. The standard InChI is InChI=1S/C9H10Br2S/c1-2-12-6-7-3-4-8(10)9(11)5-7/h3-5H,2,6H2,1H3. The van der Waals surface area contributed by atoms with Gasteiger partial charge in [-0.05, 0) is 55.3 Å². The van der Waals surface area contributed by atoms with Gasteiger partial charge in [0.25, 0.3) is 0 Å². The Morgan fingerprint density at radius 3 is 2.58 bits per heavy atom. The average Bonchev–Trinajstić information content (AvgIpc) is 2.07. The number of halogens is 2. The van der Waals surface area contributed by atoms with Crippen LogP contribution in [0.5, 0.6) is 0 Å². The molecule has 66 valence electrons. The summed E-state index contributed by atoms with van der Waals surface area (Å²) in [5.41, 5.74) is 1.37. The predicted molar refractivity (Wildman–Crippen MR) is 63.7 cm³/mol. The Morgan fingerprint density at radius 2 is 2.00 bits per heavy atom. The van der Waals surface area contributed by atoms with Crippen LogP contribution in [0.25, 0.3) is 0 Å². The zero-order chi connectivity index (χ0) is 8.97. The summed E-state index contributed by atoms with van der Waals surface area (Å²) in [4.78, 5) is 0. The molecule has 0 amide bonds. The van der Waals surface area contributed by atoms with Gasteiger partial charge < -0.3 is 0 Å². The van der Waals surface area contributed by atoms with Crippen LogP contribution in [0.3, 0.4) is 0 Å². The third kappa shape index (κ3) is 3.11. The van der Waals surface area contributed by atoms with E-state index in [2.05, 4.69) is 57.0 Å². The molecular formula is C9H10Br2S. The van der Waals surface area contributed by atoms with Crippen molar-refractivity contribution in [3.63, 3.8) is 0 Å². The number of hydrogen-bond acceptors (Lipinski definition) is 1. The van der Waals surface area contributed by atoms with Crippen LogP contribution in [0.15, 0.2) is 27.1 Å². The molecule has 0 fully saturated rings. The third-order valence-corrected chi connectivity index (χ3v) is 4.28. The lowest BCUT2D eigenvalue weighted by atomic mass is 10.2. The summed E-state index contributed by atoms with van der Waals surface area (Å²) in [7, 11) is 0.